The van der Waals surface area contributed by atoms with Crippen LogP contribution in [-0.2, 0) is 18.8 Å². The summed E-state index contributed by atoms with van der Waals surface area (Å²) in [5.74, 6) is 0. The molecule has 0 N–H and O–H groups in total. The first kappa shape index (κ1) is 23.1. The summed E-state index contributed by atoms with van der Waals surface area (Å²) in [5, 5.41) is 0. The number of hydrogen-bond acceptors (Lipinski definition) is 0. The summed E-state index contributed by atoms with van der Waals surface area (Å²) in [6, 6.07) is 0. The maximum Gasteiger partial charge on any atom is 1.00 e. The molecule has 0 aromatic heterocycles. The molecule has 0 aliphatic rings. The maximum atomic E-state index is 4.61. The third kappa shape index (κ3) is 28.1. The average molecular weight is 306 g/mol. The van der Waals surface area contributed by atoms with Gasteiger partial charge in [-0.15, -0.1) is 0 Å². The summed E-state index contributed by atoms with van der Waals surface area (Å²) < 4.78 is 0. The molecule has 4 heteroatoms. The van der Waals surface area contributed by atoms with E-state index in [1.807, 2.05) is 0 Å². The monoisotopic (exact) mass is 305 g/mol. The van der Waals surface area contributed by atoms with Crippen LogP contribution < -0.4 is 59.1 Å². The Labute approximate surface area is 99.2 Å². The van der Waals surface area contributed by atoms with Gasteiger partial charge >= 0.3 is 87.3 Å². The van der Waals surface area contributed by atoms with Crippen molar-refractivity contribution in [2.45, 2.75) is 6.92 Å². The fraction of sp³-hybridized carbons (Fsp3) is 0.500. The minimum Gasteiger partial charge on any atom is 1.00 e. The van der Waals surface area contributed by atoms with Crippen LogP contribution in [0, 0.1) is 6.92 Å². The Morgan fingerprint density at radius 3 is 1.17 bits per heavy atom. The van der Waals surface area contributed by atoms with E-state index in [9.17, 15) is 0 Å². The molecular weight excluding hydrogens is 301 g/mol. The van der Waals surface area contributed by atoms with E-state index in [4.69, 9.17) is 0 Å². The predicted molar refractivity (Wildman–Crippen MR) is 16.9 cm³/mol. The van der Waals surface area contributed by atoms with E-state index in [1.165, 1.54) is 0 Å². The van der Waals surface area contributed by atoms with Gasteiger partial charge < -0.3 is 6.92 Å². The number of rotatable bonds is 0. The van der Waals surface area contributed by atoms with Gasteiger partial charge in [-0.2, -0.15) is 6.92 Å². The topological polar surface area (TPSA) is 0 Å². The summed E-state index contributed by atoms with van der Waals surface area (Å²) in [4.78, 5) is 0. The fourth-order valence-corrected chi connectivity index (χ4v) is 0. The first-order chi connectivity index (χ1) is 2.00. The van der Waals surface area contributed by atoms with Crippen molar-refractivity contribution in [3.8, 4) is 0 Å². The van der Waals surface area contributed by atoms with Crippen molar-refractivity contribution in [1.82, 2.24) is 0 Å². The van der Waals surface area contributed by atoms with E-state index in [0.717, 1.165) is 0 Å². The van der Waals surface area contributed by atoms with Crippen LogP contribution in [0.5, 0.6) is 0 Å². The molecule has 0 nitrogen and oxygen atoms in total. The predicted octanol–water partition coefficient (Wildman–Crippen LogP) is -4.46. The van der Waals surface area contributed by atoms with Crippen LogP contribution in [-0.4, -0.2) is 0 Å². The van der Waals surface area contributed by atoms with Gasteiger partial charge in [-0.25, -0.2) is 0 Å². The van der Waals surface area contributed by atoms with E-state index in [1.54, 1.807) is 25.7 Å². The average Bonchev–Trinajstić information content (AvgIpc) is 1.50. The molecule has 0 saturated heterocycles. The standard InChI is InChI=1S/C2H5.ClH.2Na.Pt/c1-2;;;;/h1H2,2H3;1H;;;/q-1;;3*+1/p-1. The maximum absolute atomic E-state index is 4.61. The molecule has 0 atom stereocenters. The molecule has 6 heavy (non-hydrogen) atoms. The Balaban J connectivity index is -0.00000000500. The molecule has 0 radical (unpaired) electrons. The Morgan fingerprint density at radius 1 is 1.17 bits per heavy atom. The SMILES string of the molecule is [CH2-]C.[Cl][Pt].[Na+].[Na+]. The van der Waals surface area contributed by atoms with Crippen molar-refractivity contribution in [2.75, 3.05) is 0 Å². The van der Waals surface area contributed by atoms with Crippen molar-refractivity contribution in [3.05, 3.63) is 6.92 Å². The van der Waals surface area contributed by atoms with Crippen LogP contribution in [0.15, 0.2) is 0 Å². The quantitative estimate of drug-likeness (QED) is 0.313. The van der Waals surface area contributed by atoms with Crippen molar-refractivity contribution in [3.63, 3.8) is 0 Å². The largest absolute Gasteiger partial charge is 1.00 e. The van der Waals surface area contributed by atoms with Gasteiger partial charge in [0.05, 0.1) is 0 Å². The zero-order chi connectivity index (χ0) is 4.00. The van der Waals surface area contributed by atoms with Crippen LogP contribution in [0.3, 0.4) is 0 Å². The van der Waals surface area contributed by atoms with E-state index in [2.05, 4.69) is 16.3 Å². The van der Waals surface area contributed by atoms with Crippen LogP contribution >= 0.6 is 9.42 Å². The fourth-order valence-electron chi connectivity index (χ4n) is 0. The Kier molecular flexibility index (Phi) is 168. The first-order valence-electron chi connectivity index (χ1n) is 0.827. The molecule has 0 fully saturated rings. The molecular formula is C2H5ClNa2Pt+. The van der Waals surface area contributed by atoms with Crippen LogP contribution in [0.25, 0.3) is 0 Å². The van der Waals surface area contributed by atoms with Gasteiger partial charge in [0.25, 0.3) is 0 Å². The van der Waals surface area contributed by atoms with Crippen LogP contribution in [0.2, 0.25) is 0 Å². The van der Waals surface area contributed by atoms with Crippen molar-refractivity contribution < 1.29 is 77.9 Å². The molecule has 0 aromatic rings. The molecule has 0 aliphatic heterocycles. The first-order valence-corrected chi connectivity index (χ1v) is 3.64. The van der Waals surface area contributed by atoms with Crippen molar-refractivity contribution >= 4 is 9.42 Å². The summed E-state index contributed by atoms with van der Waals surface area (Å²) in [6.45, 7) is 5.00. The smallest absolute Gasteiger partial charge is 1.00 e. The Morgan fingerprint density at radius 2 is 1.17 bits per heavy atom. The van der Waals surface area contributed by atoms with Gasteiger partial charge in [-0.05, 0) is 0 Å². The third-order valence-corrected chi connectivity index (χ3v) is 0. The van der Waals surface area contributed by atoms with Gasteiger partial charge in [0, 0.05) is 0 Å². The molecule has 0 amide bonds. The van der Waals surface area contributed by atoms with Crippen LogP contribution in [0.4, 0.5) is 0 Å². The normalized spacial score (nSPS) is 2.17. The molecule has 31 valence electrons. The van der Waals surface area contributed by atoms with Gasteiger partial charge in [0.1, 0.15) is 0 Å². The summed E-state index contributed by atoms with van der Waals surface area (Å²) in [6.07, 6.45) is 0. The van der Waals surface area contributed by atoms with Crippen LogP contribution in [0.1, 0.15) is 6.92 Å². The molecule has 0 aliphatic carbocycles. The van der Waals surface area contributed by atoms with E-state index >= 15 is 0 Å². The van der Waals surface area contributed by atoms with Gasteiger partial charge in [0.15, 0.2) is 0 Å². The van der Waals surface area contributed by atoms with E-state index in [0.29, 0.717) is 0 Å². The minimum absolute atomic E-state index is 0. The summed E-state index contributed by atoms with van der Waals surface area (Å²) >= 11 is 1.61. The second kappa shape index (κ2) is 43.8. The zero-order valence-corrected chi connectivity index (χ0v) is 11.4. The Bertz CT molecular complexity index is 11.5. The molecule has 0 aromatic carbocycles. The molecule has 0 spiro atoms. The molecule has 0 unspecified atom stereocenters. The van der Waals surface area contributed by atoms with Gasteiger partial charge in [0.2, 0.25) is 0 Å². The molecule has 0 rings (SSSR count). The molecule has 0 heterocycles. The number of halogens is 1. The third-order valence-electron chi connectivity index (χ3n) is 0. The van der Waals surface area contributed by atoms with E-state index < -0.39 is 0 Å². The van der Waals surface area contributed by atoms with E-state index in [-0.39, 0.29) is 59.1 Å². The Hall–Kier alpha value is 2.98. The second-order valence-corrected chi connectivity index (χ2v) is 0. The van der Waals surface area contributed by atoms with Crippen molar-refractivity contribution in [1.29, 1.82) is 0 Å². The minimum atomic E-state index is 0. The van der Waals surface area contributed by atoms with Gasteiger partial charge in [-0.3, -0.25) is 0 Å². The zero-order valence-electron chi connectivity index (χ0n) is 4.40. The van der Waals surface area contributed by atoms with Gasteiger partial charge in [-0.1, -0.05) is 0 Å². The second-order valence-electron chi connectivity index (χ2n) is 0. The van der Waals surface area contributed by atoms with Crippen molar-refractivity contribution in [2.24, 2.45) is 0 Å². The molecule has 0 saturated carbocycles. The molecule has 0 bridgehead atoms. The number of hydrogen-bond donors (Lipinski definition) is 0. The summed E-state index contributed by atoms with van der Waals surface area (Å²) in [5.41, 5.74) is 0. The summed E-state index contributed by atoms with van der Waals surface area (Å²) in [7, 11) is 4.61.